The predicted molar refractivity (Wildman–Crippen MR) is 75.2 cm³/mol. The van der Waals surface area contributed by atoms with Crippen molar-refractivity contribution in [3.63, 3.8) is 0 Å². The molecule has 2 nitrogen and oxygen atoms in total. The van der Waals surface area contributed by atoms with E-state index in [0.29, 0.717) is 0 Å². The van der Waals surface area contributed by atoms with Gasteiger partial charge < -0.3 is 10.2 Å². The Kier molecular flexibility index (Phi) is 2.25. The first-order valence-corrected chi connectivity index (χ1v) is 7.33. The van der Waals surface area contributed by atoms with Gasteiger partial charge in [0.2, 0.25) is 0 Å². The van der Waals surface area contributed by atoms with Gasteiger partial charge in [0.1, 0.15) is 0 Å². The van der Waals surface area contributed by atoms with Crippen LogP contribution in [0.25, 0.3) is 0 Å². The summed E-state index contributed by atoms with van der Waals surface area (Å²) in [6.45, 7) is 4.52. The van der Waals surface area contributed by atoms with E-state index in [1.54, 1.807) is 0 Å². The predicted octanol–water partition coefficient (Wildman–Crippen LogP) is 2.78. The lowest BCUT2D eigenvalue weighted by Gasteiger charge is -2.58. The molecule has 4 aliphatic heterocycles. The van der Waals surface area contributed by atoms with Crippen molar-refractivity contribution >= 4 is 5.69 Å². The van der Waals surface area contributed by atoms with Crippen molar-refractivity contribution in [3.8, 4) is 0 Å². The molecule has 0 aromatic heterocycles. The maximum atomic E-state index is 3.78. The average Bonchev–Trinajstić information content (AvgIpc) is 2.33. The first kappa shape index (κ1) is 10.9. The van der Waals surface area contributed by atoms with Crippen molar-refractivity contribution < 1.29 is 0 Å². The topological polar surface area (TPSA) is 15.3 Å². The molecule has 0 unspecified atom stereocenters. The summed E-state index contributed by atoms with van der Waals surface area (Å²) in [4.78, 5) is 2.76. The summed E-state index contributed by atoms with van der Waals surface area (Å²) in [6, 6.07) is 9.96. The highest BCUT2D eigenvalue weighted by atomic mass is 15.3. The fourth-order valence-electron chi connectivity index (χ4n) is 4.47. The number of piperidine rings is 4. The summed E-state index contributed by atoms with van der Waals surface area (Å²) < 4.78 is 0. The van der Waals surface area contributed by atoms with Gasteiger partial charge in [-0.2, -0.15) is 0 Å². The second kappa shape index (κ2) is 3.74. The zero-order chi connectivity index (χ0) is 12.3. The van der Waals surface area contributed by atoms with Gasteiger partial charge in [0.15, 0.2) is 0 Å². The molecule has 1 aromatic rings. The molecular weight excluding hydrogens is 220 g/mol. The van der Waals surface area contributed by atoms with E-state index in [2.05, 4.69) is 42.3 Å². The van der Waals surface area contributed by atoms with Crippen LogP contribution in [0.3, 0.4) is 0 Å². The molecule has 0 spiro atoms. The lowest BCUT2D eigenvalue weighted by Crippen LogP contribution is -2.67. The van der Waals surface area contributed by atoms with Gasteiger partial charge in [-0.25, -0.2) is 0 Å². The van der Waals surface area contributed by atoms with Crippen molar-refractivity contribution in [2.24, 2.45) is 0 Å². The number of rotatable bonds is 1. The van der Waals surface area contributed by atoms with Gasteiger partial charge in [-0.15, -0.1) is 0 Å². The van der Waals surface area contributed by atoms with Gasteiger partial charge in [0.05, 0.1) is 0 Å². The SMILES string of the molecule is Cc1cccc(N2C3CC4CC2CC(C3)N4)c1C. The van der Waals surface area contributed by atoms with Crippen LogP contribution in [0.4, 0.5) is 5.69 Å². The summed E-state index contributed by atoms with van der Waals surface area (Å²) in [5.41, 5.74) is 4.42. The Morgan fingerprint density at radius 3 is 2.22 bits per heavy atom. The van der Waals surface area contributed by atoms with E-state index < -0.39 is 0 Å². The van der Waals surface area contributed by atoms with Crippen LogP contribution in [-0.2, 0) is 0 Å². The Hall–Kier alpha value is -1.02. The molecule has 18 heavy (non-hydrogen) atoms. The second-order valence-electron chi connectivity index (χ2n) is 6.44. The van der Waals surface area contributed by atoms with Gasteiger partial charge in [-0.1, -0.05) is 12.1 Å². The first-order valence-electron chi connectivity index (χ1n) is 7.33. The third-order valence-electron chi connectivity index (χ3n) is 5.34. The quantitative estimate of drug-likeness (QED) is 0.814. The van der Waals surface area contributed by atoms with Crippen molar-refractivity contribution in [1.29, 1.82) is 0 Å². The average molecular weight is 242 g/mol. The Balaban J connectivity index is 1.74. The van der Waals surface area contributed by atoms with E-state index in [0.717, 1.165) is 24.2 Å². The largest absolute Gasteiger partial charge is 0.365 e. The summed E-state index contributed by atoms with van der Waals surface area (Å²) in [5.74, 6) is 0. The first-order chi connectivity index (χ1) is 8.72. The maximum absolute atomic E-state index is 3.78. The lowest BCUT2D eigenvalue weighted by atomic mass is 9.74. The van der Waals surface area contributed by atoms with Crippen LogP contribution < -0.4 is 10.2 Å². The number of nitrogens with one attached hydrogen (secondary N) is 1. The van der Waals surface area contributed by atoms with Crippen molar-refractivity contribution in [1.82, 2.24) is 5.32 Å². The molecule has 0 aliphatic carbocycles. The fraction of sp³-hybridized carbons (Fsp3) is 0.625. The normalized spacial score (nSPS) is 37.3. The molecule has 4 heterocycles. The van der Waals surface area contributed by atoms with Crippen LogP contribution in [0.15, 0.2) is 18.2 Å². The Bertz CT molecular complexity index is 452. The fourth-order valence-corrected chi connectivity index (χ4v) is 4.47. The smallest absolute Gasteiger partial charge is 0.0403 e. The number of nitrogens with zero attached hydrogens (tertiary/aromatic N) is 1. The molecule has 1 aromatic carbocycles. The number of aryl methyl sites for hydroxylation is 1. The molecule has 0 atom stereocenters. The van der Waals surface area contributed by atoms with Crippen LogP contribution in [0.2, 0.25) is 0 Å². The van der Waals surface area contributed by atoms with E-state index in [1.165, 1.54) is 42.5 Å². The molecule has 4 fully saturated rings. The minimum absolute atomic E-state index is 0.786. The third-order valence-corrected chi connectivity index (χ3v) is 5.34. The van der Waals surface area contributed by atoms with Crippen molar-refractivity contribution in [2.45, 2.75) is 63.7 Å². The number of benzene rings is 1. The van der Waals surface area contributed by atoms with Crippen molar-refractivity contribution in [3.05, 3.63) is 29.3 Å². The molecule has 5 rings (SSSR count). The Labute approximate surface area is 109 Å². The van der Waals surface area contributed by atoms with E-state index in [1.807, 2.05) is 0 Å². The Morgan fingerprint density at radius 1 is 1.00 bits per heavy atom. The van der Waals surface area contributed by atoms with Crippen LogP contribution >= 0.6 is 0 Å². The molecule has 4 saturated heterocycles. The zero-order valence-corrected chi connectivity index (χ0v) is 11.3. The van der Waals surface area contributed by atoms with Crippen LogP contribution in [-0.4, -0.2) is 24.2 Å². The van der Waals surface area contributed by atoms with E-state index in [9.17, 15) is 0 Å². The number of hydrogen-bond donors (Lipinski definition) is 1. The minimum Gasteiger partial charge on any atom is -0.365 e. The maximum Gasteiger partial charge on any atom is 0.0403 e. The van der Waals surface area contributed by atoms with Gasteiger partial charge >= 0.3 is 0 Å². The summed E-state index contributed by atoms with van der Waals surface area (Å²) in [5, 5.41) is 3.78. The molecule has 4 bridgehead atoms. The van der Waals surface area contributed by atoms with Gasteiger partial charge in [-0.3, -0.25) is 0 Å². The third kappa shape index (κ3) is 1.45. The molecular formula is C16H22N2. The highest BCUT2D eigenvalue weighted by Crippen LogP contribution is 2.42. The second-order valence-corrected chi connectivity index (χ2v) is 6.44. The molecule has 0 radical (unpaired) electrons. The molecule has 1 N–H and O–H groups in total. The molecule has 4 aliphatic rings. The monoisotopic (exact) mass is 242 g/mol. The van der Waals surface area contributed by atoms with Crippen LogP contribution in [0, 0.1) is 13.8 Å². The molecule has 96 valence electrons. The summed E-state index contributed by atoms with van der Waals surface area (Å²) in [6.07, 6.45) is 5.39. The lowest BCUT2D eigenvalue weighted by molar-refractivity contribution is 0.134. The van der Waals surface area contributed by atoms with Crippen LogP contribution in [0.5, 0.6) is 0 Å². The van der Waals surface area contributed by atoms with Crippen molar-refractivity contribution in [2.75, 3.05) is 4.90 Å². The van der Waals surface area contributed by atoms with Gasteiger partial charge in [-0.05, 0) is 56.7 Å². The molecule has 2 heteroatoms. The van der Waals surface area contributed by atoms with Crippen LogP contribution in [0.1, 0.15) is 36.8 Å². The van der Waals surface area contributed by atoms with E-state index in [4.69, 9.17) is 0 Å². The highest BCUT2D eigenvalue weighted by Gasteiger charge is 2.46. The molecule has 0 saturated carbocycles. The van der Waals surface area contributed by atoms with E-state index >= 15 is 0 Å². The summed E-state index contributed by atoms with van der Waals surface area (Å²) in [7, 11) is 0. The Morgan fingerprint density at radius 2 is 1.61 bits per heavy atom. The number of hydrogen-bond acceptors (Lipinski definition) is 2. The minimum atomic E-state index is 0.786. The zero-order valence-electron chi connectivity index (χ0n) is 11.3. The standard InChI is InChI=1S/C16H22N2/c1-10-4-3-5-16(11(10)2)18-14-6-12-7-15(18)9-13(8-14)17-12/h3-5,12-15,17H,6-9H2,1-2H3. The molecule has 0 amide bonds. The summed E-state index contributed by atoms with van der Waals surface area (Å²) >= 11 is 0. The van der Waals surface area contributed by atoms with Gasteiger partial charge in [0, 0.05) is 29.9 Å². The number of anilines is 1. The highest BCUT2D eigenvalue weighted by molar-refractivity contribution is 5.58. The van der Waals surface area contributed by atoms with Gasteiger partial charge in [0.25, 0.3) is 0 Å². The van der Waals surface area contributed by atoms with E-state index in [-0.39, 0.29) is 0 Å².